The van der Waals surface area contributed by atoms with E-state index in [1.807, 2.05) is 0 Å². The highest BCUT2D eigenvalue weighted by Gasteiger charge is 2.43. The largest absolute Gasteiger partial charge is 0.385 e. The van der Waals surface area contributed by atoms with Gasteiger partial charge in [-0.2, -0.15) is 0 Å². The third kappa shape index (κ3) is 1.90. The molecule has 2 unspecified atom stereocenters. The molecule has 2 heteroatoms. The van der Waals surface area contributed by atoms with Crippen molar-refractivity contribution in [1.82, 2.24) is 5.32 Å². The van der Waals surface area contributed by atoms with E-state index in [0.717, 1.165) is 18.4 Å². The molecule has 0 amide bonds. The molecule has 2 saturated heterocycles. The Bertz CT molecular complexity index is 429. The molecule has 3 rings (SSSR count). The van der Waals surface area contributed by atoms with E-state index in [1.165, 1.54) is 24.0 Å². The molecule has 92 valence electrons. The van der Waals surface area contributed by atoms with Crippen molar-refractivity contribution >= 4 is 0 Å². The number of rotatable bonds is 1. The quantitative estimate of drug-likeness (QED) is 0.778. The van der Waals surface area contributed by atoms with Crippen LogP contribution in [0.25, 0.3) is 0 Å². The van der Waals surface area contributed by atoms with Crippen LogP contribution in [0.4, 0.5) is 0 Å². The molecule has 1 aromatic carbocycles. The van der Waals surface area contributed by atoms with Crippen molar-refractivity contribution in [3.8, 4) is 0 Å². The third-order valence-corrected chi connectivity index (χ3v) is 4.55. The Labute approximate surface area is 103 Å². The second kappa shape index (κ2) is 3.82. The van der Waals surface area contributed by atoms with Crippen LogP contribution in [0.15, 0.2) is 18.2 Å². The lowest BCUT2D eigenvalue weighted by Crippen LogP contribution is -2.46. The van der Waals surface area contributed by atoms with E-state index >= 15 is 0 Å². The summed E-state index contributed by atoms with van der Waals surface area (Å²) in [6.45, 7) is 4.24. The maximum absolute atomic E-state index is 10.9. The SMILES string of the molecule is Cc1ccc(C2(O)CC3CCC(C2)N3)cc1C. The number of piperidine rings is 1. The van der Waals surface area contributed by atoms with Crippen LogP contribution in [0.1, 0.15) is 42.4 Å². The van der Waals surface area contributed by atoms with Gasteiger partial charge in [-0.25, -0.2) is 0 Å². The predicted molar refractivity (Wildman–Crippen MR) is 69.0 cm³/mol. The molecule has 0 spiro atoms. The number of hydrogen-bond acceptors (Lipinski definition) is 2. The highest BCUT2D eigenvalue weighted by Crippen LogP contribution is 2.40. The molecule has 17 heavy (non-hydrogen) atoms. The first-order valence-electron chi connectivity index (χ1n) is 6.63. The van der Waals surface area contributed by atoms with Gasteiger partial charge in [-0.1, -0.05) is 18.2 Å². The topological polar surface area (TPSA) is 32.3 Å². The second-order valence-corrected chi connectivity index (χ2v) is 5.88. The fourth-order valence-corrected chi connectivity index (χ4v) is 3.39. The van der Waals surface area contributed by atoms with Gasteiger partial charge < -0.3 is 10.4 Å². The second-order valence-electron chi connectivity index (χ2n) is 5.88. The Morgan fingerprint density at radius 2 is 1.76 bits per heavy atom. The Kier molecular flexibility index (Phi) is 2.53. The van der Waals surface area contributed by atoms with Crippen LogP contribution < -0.4 is 5.32 Å². The fourth-order valence-electron chi connectivity index (χ4n) is 3.39. The van der Waals surface area contributed by atoms with Crippen molar-refractivity contribution in [2.75, 3.05) is 0 Å². The van der Waals surface area contributed by atoms with E-state index in [0.29, 0.717) is 12.1 Å². The molecule has 2 fully saturated rings. The summed E-state index contributed by atoms with van der Waals surface area (Å²) in [4.78, 5) is 0. The molecule has 2 N–H and O–H groups in total. The average Bonchev–Trinajstić information content (AvgIpc) is 2.62. The Morgan fingerprint density at radius 3 is 2.35 bits per heavy atom. The van der Waals surface area contributed by atoms with Gasteiger partial charge >= 0.3 is 0 Å². The van der Waals surface area contributed by atoms with Crippen molar-refractivity contribution in [3.63, 3.8) is 0 Å². The Balaban J connectivity index is 1.94. The van der Waals surface area contributed by atoms with Crippen LogP contribution in [0.5, 0.6) is 0 Å². The van der Waals surface area contributed by atoms with Gasteiger partial charge in [0.05, 0.1) is 5.60 Å². The third-order valence-electron chi connectivity index (χ3n) is 4.55. The first-order valence-corrected chi connectivity index (χ1v) is 6.63. The summed E-state index contributed by atoms with van der Waals surface area (Å²) in [6.07, 6.45) is 4.17. The number of nitrogens with one attached hydrogen (secondary N) is 1. The summed E-state index contributed by atoms with van der Waals surface area (Å²) in [6, 6.07) is 7.43. The molecule has 0 saturated carbocycles. The van der Waals surface area contributed by atoms with E-state index in [2.05, 4.69) is 37.4 Å². The minimum absolute atomic E-state index is 0.514. The van der Waals surface area contributed by atoms with E-state index < -0.39 is 5.60 Å². The van der Waals surface area contributed by atoms with E-state index in [-0.39, 0.29) is 0 Å². The molecular weight excluding hydrogens is 210 g/mol. The average molecular weight is 231 g/mol. The molecule has 0 aliphatic carbocycles. The summed E-state index contributed by atoms with van der Waals surface area (Å²) < 4.78 is 0. The van der Waals surface area contributed by atoms with E-state index in [4.69, 9.17) is 0 Å². The first kappa shape index (κ1) is 11.2. The van der Waals surface area contributed by atoms with Gasteiger partial charge in [0.2, 0.25) is 0 Å². The van der Waals surface area contributed by atoms with Gasteiger partial charge in [-0.3, -0.25) is 0 Å². The molecule has 2 bridgehead atoms. The zero-order valence-corrected chi connectivity index (χ0v) is 10.7. The van der Waals surface area contributed by atoms with Crippen LogP contribution in [-0.2, 0) is 5.60 Å². The monoisotopic (exact) mass is 231 g/mol. The van der Waals surface area contributed by atoms with Gasteiger partial charge in [0.25, 0.3) is 0 Å². The van der Waals surface area contributed by atoms with Crippen molar-refractivity contribution in [3.05, 3.63) is 34.9 Å². The van der Waals surface area contributed by atoms with Crippen molar-refractivity contribution in [2.45, 2.75) is 57.2 Å². The highest BCUT2D eigenvalue weighted by atomic mass is 16.3. The van der Waals surface area contributed by atoms with Crippen LogP contribution in [0, 0.1) is 13.8 Å². The number of aryl methyl sites for hydroxylation is 2. The Morgan fingerprint density at radius 1 is 1.12 bits per heavy atom. The van der Waals surface area contributed by atoms with Gasteiger partial charge in [0.15, 0.2) is 0 Å². The first-order chi connectivity index (χ1) is 8.07. The predicted octanol–water partition coefficient (Wildman–Crippen LogP) is 2.41. The van der Waals surface area contributed by atoms with Crippen LogP contribution in [-0.4, -0.2) is 17.2 Å². The summed E-state index contributed by atoms with van der Waals surface area (Å²) in [7, 11) is 0. The minimum Gasteiger partial charge on any atom is -0.385 e. The summed E-state index contributed by atoms with van der Waals surface area (Å²) in [5, 5.41) is 14.5. The molecule has 1 aromatic rings. The van der Waals surface area contributed by atoms with E-state index in [9.17, 15) is 5.11 Å². The van der Waals surface area contributed by atoms with Gasteiger partial charge in [-0.05, 0) is 56.2 Å². The van der Waals surface area contributed by atoms with Crippen LogP contribution >= 0.6 is 0 Å². The van der Waals surface area contributed by atoms with E-state index in [1.54, 1.807) is 0 Å². The molecule has 2 heterocycles. The molecule has 0 radical (unpaired) electrons. The summed E-state index contributed by atoms with van der Waals surface area (Å²) in [5.74, 6) is 0. The lowest BCUT2D eigenvalue weighted by Gasteiger charge is -2.37. The van der Waals surface area contributed by atoms with Crippen molar-refractivity contribution in [2.24, 2.45) is 0 Å². The molecular formula is C15H21NO. The molecule has 0 aromatic heterocycles. The fraction of sp³-hybridized carbons (Fsp3) is 0.600. The van der Waals surface area contributed by atoms with Crippen molar-refractivity contribution in [1.29, 1.82) is 0 Å². The number of aliphatic hydroxyl groups is 1. The van der Waals surface area contributed by atoms with Gasteiger partial charge in [0.1, 0.15) is 0 Å². The molecule has 2 nitrogen and oxygen atoms in total. The molecule has 2 atom stereocenters. The number of hydrogen-bond donors (Lipinski definition) is 2. The standard InChI is InChI=1S/C15H21NO/c1-10-3-4-12(7-11(10)2)15(17)8-13-5-6-14(9-15)16-13/h3-4,7,13-14,16-17H,5-6,8-9H2,1-2H3. The van der Waals surface area contributed by atoms with Crippen LogP contribution in [0.2, 0.25) is 0 Å². The zero-order chi connectivity index (χ0) is 12.0. The Hall–Kier alpha value is -0.860. The summed E-state index contributed by atoms with van der Waals surface area (Å²) in [5.41, 5.74) is 3.09. The highest BCUT2D eigenvalue weighted by molar-refractivity contribution is 5.34. The number of benzene rings is 1. The smallest absolute Gasteiger partial charge is 0.0926 e. The van der Waals surface area contributed by atoms with Crippen molar-refractivity contribution < 1.29 is 5.11 Å². The zero-order valence-electron chi connectivity index (χ0n) is 10.7. The molecule has 2 aliphatic rings. The van der Waals surface area contributed by atoms with Crippen LogP contribution in [0.3, 0.4) is 0 Å². The van der Waals surface area contributed by atoms with Gasteiger partial charge in [-0.15, -0.1) is 0 Å². The maximum Gasteiger partial charge on any atom is 0.0926 e. The summed E-state index contributed by atoms with van der Waals surface area (Å²) >= 11 is 0. The minimum atomic E-state index is -0.602. The van der Waals surface area contributed by atoms with Gasteiger partial charge in [0, 0.05) is 12.1 Å². The molecule has 2 aliphatic heterocycles. The lowest BCUT2D eigenvalue weighted by atomic mass is 9.81. The lowest BCUT2D eigenvalue weighted by molar-refractivity contribution is -0.0115. The maximum atomic E-state index is 10.9. The number of fused-ring (bicyclic) bond motifs is 2. The normalized spacial score (nSPS) is 36.2.